The summed E-state index contributed by atoms with van der Waals surface area (Å²) in [6.45, 7) is 7.00. The fourth-order valence-electron chi connectivity index (χ4n) is 3.60. The van der Waals surface area contributed by atoms with Crippen molar-refractivity contribution >= 4 is 11.6 Å². The number of rotatable bonds is 4. The Hall–Kier alpha value is -2.50. The quantitative estimate of drug-likeness (QED) is 0.654. The van der Waals surface area contributed by atoms with Gasteiger partial charge in [-0.05, 0) is 38.8 Å². The van der Waals surface area contributed by atoms with E-state index in [1.54, 1.807) is 0 Å². The van der Waals surface area contributed by atoms with Crippen LogP contribution in [0.2, 0.25) is 0 Å². The van der Waals surface area contributed by atoms with Crippen LogP contribution in [0.5, 0.6) is 0 Å². The van der Waals surface area contributed by atoms with E-state index in [2.05, 4.69) is 69.8 Å². The number of benzene rings is 1. The van der Waals surface area contributed by atoms with Gasteiger partial charge in [0.25, 0.3) is 0 Å². The van der Waals surface area contributed by atoms with E-state index in [0.29, 0.717) is 6.04 Å². The van der Waals surface area contributed by atoms with Crippen molar-refractivity contribution in [3.63, 3.8) is 0 Å². The molecular weight excluding hydrogens is 324 g/mol. The first-order valence-electron chi connectivity index (χ1n) is 9.34. The maximum absolute atomic E-state index is 4.48. The number of aliphatic imine (C=N–C) groups is 1. The van der Waals surface area contributed by atoms with Crippen molar-refractivity contribution in [1.82, 2.24) is 20.4 Å². The molecule has 2 N–H and O–H groups in total. The average Bonchev–Trinajstić information content (AvgIpc) is 2.91. The van der Waals surface area contributed by atoms with Gasteiger partial charge in [0.1, 0.15) is 0 Å². The Kier molecular flexibility index (Phi) is 5.81. The zero-order valence-electron chi connectivity index (χ0n) is 16.3. The van der Waals surface area contributed by atoms with E-state index in [-0.39, 0.29) is 0 Å². The normalized spacial score (nSPS) is 18.1. The van der Waals surface area contributed by atoms with Crippen molar-refractivity contribution in [3.05, 3.63) is 47.3 Å². The summed E-state index contributed by atoms with van der Waals surface area (Å²) < 4.78 is 1.93. The van der Waals surface area contributed by atoms with Gasteiger partial charge in [0.05, 0.1) is 5.69 Å². The molecule has 6 heteroatoms. The third-order valence-corrected chi connectivity index (χ3v) is 5.20. The fourth-order valence-corrected chi connectivity index (χ4v) is 3.60. The number of para-hydroxylation sites is 1. The molecule has 0 spiro atoms. The summed E-state index contributed by atoms with van der Waals surface area (Å²) in [5.41, 5.74) is 4.80. The summed E-state index contributed by atoms with van der Waals surface area (Å²) in [4.78, 5) is 6.86. The summed E-state index contributed by atoms with van der Waals surface area (Å²) in [5.74, 6) is 0.854. The van der Waals surface area contributed by atoms with Crippen LogP contribution in [0.25, 0.3) is 0 Å². The van der Waals surface area contributed by atoms with Crippen LogP contribution in [0, 0.1) is 13.8 Å². The minimum Gasteiger partial charge on any atom is -0.369 e. The maximum Gasteiger partial charge on any atom is 0.191 e. The third kappa shape index (κ3) is 4.18. The molecule has 6 nitrogen and oxygen atoms in total. The van der Waals surface area contributed by atoms with Crippen LogP contribution in [-0.4, -0.2) is 41.9 Å². The number of nitrogens with one attached hydrogen (secondary N) is 2. The Morgan fingerprint density at radius 2 is 2.04 bits per heavy atom. The Morgan fingerprint density at radius 1 is 1.27 bits per heavy atom. The maximum atomic E-state index is 4.48. The van der Waals surface area contributed by atoms with Crippen molar-refractivity contribution in [1.29, 1.82) is 0 Å². The first-order valence-corrected chi connectivity index (χ1v) is 9.34. The van der Waals surface area contributed by atoms with Crippen molar-refractivity contribution in [3.8, 4) is 0 Å². The topological polar surface area (TPSA) is 57.5 Å². The standard InChI is InChI=1S/C20H30N6/c1-15-19(16(2)25(4)24-15)13-22-20(21-3)23-17-9-8-12-26(14-17)18-10-6-5-7-11-18/h5-7,10-11,17H,8-9,12-14H2,1-4H3,(H2,21,22,23). The van der Waals surface area contributed by atoms with Gasteiger partial charge < -0.3 is 15.5 Å². The van der Waals surface area contributed by atoms with E-state index in [9.17, 15) is 0 Å². The van der Waals surface area contributed by atoms with Crippen LogP contribution >= 0.6 is 0 Å². The molecule has 1 aromatic carbocycles. The summed E-state index contributed by atoms with van der Waals surface area (Å²) in [6, 6.07) is 11.0. The molecule has 0 bridgehead atoms. The number of nitrogens with zero attached hydrogens (tertiary/aromatic N) is 4. The summed E-state index contributed by atoms with van der Waals surface area (Å²) in [6.07, 6.45) is 2.35. The summed E-state index contributed by atoms with van der Waals surface area (Å²) in [7, 11) is 3.81. The second-order valence-corrected chi connectivity index (χ2v) is 6.96. The van der Waals surface area contributed by atoms with Gasteiger partial charge >= 0.3 is 0 Å². The molecular formula is C20H30N6. The first-order chi connectivity index (χ1) is 12.6. The fraction of sp³-hybridized carbons (Fsp3) is 0.500. The highest BCUT2D eigenvalue weighted by atomic mass is 15.3. The van der Waals surface area contributed by atoms with Gasteiger partial charge in [-0.3, -0.25) is 9.67 Å². The van der Waals surface area contributed by atoms with Crippen LogP contribution in [0.4, 0.5) is 5.69 Å². The van der Waals surface area contributed by atoms with Gasteiger partial charge in [0.2, 0.25) is 0 Å². The monoisotopic (exact) mass is 354 g/mol. The van der Waals surface area contributed by atoms with Gasteiger partial charge in [-0.1, -0.05) is 18.2 Å². The van der Waals surface area contributed by atoms with E-state index < -0.39 is 0 Å². The van der Waals surface area contributed by atoms with E-state index in [0.717, 1.165) is 37.7 Å². The molecule has 1 unspecified atom stereocenters. The Balaban J connectivity index is 1.58. The number of aryl methyl sites for hydroxylation is 2. The van der Waals surface area contributed by atoms with Crippen molar-refractivity contribution in [2.45, 2.75) is 39.3 Å². The van der Waals surface area contributed by atoms with Crippen LogP contribution in [0.3, 0.4) is 0 Å². The molecule has 0 radical (unpaired) electrons. The van der Waals surface area contributed by atoms with Crippen LogP contribution in [0.15, 0.2) is 35.3 Å². The average molecular weight is 355 g/mol. The van der Waals surface area contributed by atoms with Crippen LogP contribution in [-0.2, 0) is 13.6 Å². The molecule has 2 heterocycles. The Labute approximate surface area is 156 Å². The molecule has 1 aliphatic rings. The highest BCUT2D eigenvalue weighted by molar-refractivity contribution is 5.80. The lowest BCUT2D eigenvalue weighted by Gasteiger charge is -2.35. The lowest BCUT2D eigenvalue weighted by Crippen LogP contribution is -2.51. The summed E-state index contributed by atoms with van der Waals surface area (Å²) in [5, 5.41) is 11.5. The number of anilines is 1. The Bertz CT molecular complexity index is 749. The molecule has 0 saturated carbocycles. The minimum atomic E-state index is 0.395. The molecule has 0 aliphatic carbocycles. The molecule has 140 valence electrons. The van der Waals surface area contributed by atoms with Gasteiger partial charge in [0.15, 0.2) is 5.96 Å². The number of aromatic nitrogens is 2. The number of hydrogen-bond acceptors (Lipinski definition) is 3. The van der Waals surface area contributed by atoms with Crippen molar-refractivity contribution < 1.29 is 0 Å². The molecule has 1 atom stereocenters. The van der Waals surface area contributed by atoms with Gasteiger partial charge in [0, 0.05) is 56.7 Å². The second kappa shape index (κ2) is 8.25. The van der Waals surface area contributed by atoms with E-state index in [4.69, 9.17) is 0 Å². The largest absolute Gasteiger partial charge is 0.369 e. The number of hydrogen-bond donors (Lipinski definition) is 2. The SMILES string of the molecule is CN=C(NCc1c(C)nn(C)c1C)NC1CCCN(c2ccccc2)C1. The van der Waals surface area contributed by atoms with E-state index >= 15 is 0 Å². The van der Waals surface area contributed by atoms with Crippen molar-refractivity contribution in [2.24, 2.45) is 12.0 Å². The minimum absolute atomic E-state index is 0.395. The predicted molar refractivity (Wildman–Crippen MR) is 108 cm³/mol. The lowest BCUT2D eigenvalue weighted by molar-refractivity contribution is 0.468. The van der Waals surface area contributed by atoms with Crippen LogP contribution < -0.4 is 15.5 Å². The number of piperidine rings is 1. The zero-order valence-corrected chi connectivity index (χ0v) is 16.3. The zero-order chi connectivity index (χ0) is 18.5. The van der Waals surface area contributed by atoms with Gasteiger partial charge in [-0.15, -0.1) is 0 Å². The van der Waals surface area contributed by atoms with Crippen molar-refractivity contribution in [2.75, 3.05) is 25.0 Å². The van der Waals surface area contributed by atoms with E-state index in [1.807, 2.05) is 18.8 Å². The molecule has 1 aliphatic heterocycles. The molecule has 0 amide bonds. The predicted octanol–water partition coefficient (Wildman–Crippen LogP) is 2.37. The lowest BCUT2D eigenvalue weighted by atomic mass is 10.0. The molecule has 26 heavy (non-hydrogen) atoms. The highest BCUT2D eigenvalue weighted by Crippen LogP contribution is 2.19. The smallest absolute Gasteiger partial charge is 0.191 e. The summed E-state index contributed by atoms with van der Waals surface area (Å²) >= 11 is 0. The van der Waals surface area contributed by atoms with Gasteiger partial charge in [-0.2, -0.15) is 5.10 Å². The molecule has 1 aromatic heterocycles. The van der Waals surface area contributed by atoms with Crippen LogP contribution in [0.1, 0.15) is 29.8 Å². The molecule has 2 aromatic rings. The highest BCUT2D eigenvalue weighted by Gasteiger charge is 2.21. The third-order valence-electron chi connectivity index (χ3n) is 5.20. The molecule has 1 fully saturated rings. The van der Waals surface area contributed by atoms with Gasteiger partial charge in [-0.25, -0.2) is 0 Å². The van der Waals surface area contributed by atoms with E-state index in [1.165, 1.54) is 23.4 Å². The number of guanidine groups is 1. The molecule has 1 saturated heterocycles. The second-order valence-electron chi connectivity index (χ2n) is 6.96. The first kappa shape index (κ1) is 18.3. The molecule has 3 rings (SSSR count). The Morgan fingerprint density at radius 3 is 2.69 bits per heavy atom.